The molecule has 0 aromatic heterocycles. The smallest absolute Gasteiger partial charge is 0.435 e. The third-order valence-corrected chi connectivity index (χ3v) is 3.27. The van der Waals surface area contributed by atoms with Gasteiger partial charge in [-0.2, -0.15) is 5.01 Å². The van der Waals surface area contributed by atoms with E-state index < -0.39 is 6.09 Å². The maximum atomic E-state index is 12.3. The third-order valence-electron chi connectivity index (χ3n) is 3.27. The summed E-state index contributed by atoms with van der Waals surface area (Å²) in [5, 5.41) is 9.34. The molecule has 0 atom stereocenters. The van der Waals surface area contributed by atoms with Crippen molar-refractivity contribution in [3.05, 3.63) is 71.8 Å². The Morgan fingerprint density at radius 1 is 1.04 bits per heavy atom. The summed E-state index contributed by atoms with van der Waals surface area (Å²) in [6.07, 6.45) is -0.529. The summed E-state index contributed by atoms with van der Waals surface area (Å²) in [5.41, 5.74) is 4.69. The van der Waals surface area contributed by atoms with Crippen LogP contribution in [0.5, 0.6) is 0 Å². The Balaban J connectivity index is 1.67. The van der Waals surface area contributed by atoms with Gasteiger partial charge in [0.05, 0.1) is 0 Å². The average molecular weight is 308 g/mol. The highest BCUT2D eigenvalue weighted by atomic mass is 16.6. The predicted molar refractivity (Wildman–Crippen MR) is 87.7 cm³/mol. The minimum absolute atomic E-state index is 0.197. The van der Waals surface area contributed by atoms with E-state index in [1.54, 1.807) is 6.92 Å². The average Bonchev–Trinajstić information content (AvgIpc) is 2.62. The molecule has 1 N–H and O–H groups in total. The number of rotatable bonds is 3. The van der Waals surface area contributed by atoms with Crippen molar-refractivity contribution in [2.45, 2.75) is 13.5 Å². The minimum atomic E-state index is -0.529. The Hall–Kier alpha value is -3.15. The van der Waals surface area contributed by atoms with Crippen LogP contribution in [0.4, 0.5) is 4.79 Å². The summed E-state index contributed by atoms with van der Waals surface area (Å²) < 4.78 is 5.31. The molecule has 1 aliphatic heterocycles. The van der Waals surface area contributed by atoms with Crippen LogP contribution < -0.4 is 5.43 Å². The van der Waals surface area contributed by atoms with E-state index in [9.17, 15) is 4.79 Å². The number of carbonyl (C=O) groups is 1. The molecule has 2 aromatic rings. The molecule has 2 aromatic carbocycles. The maximum Gasteiger partial charge on any atom is 0.435 e. The van der Waals surface area contributed by atoms with Crippen LogP contribution in [0.1, 0.15) is 18.1 Å². The molecular weight excluding hydrogens is 292 g/mol. The van der Waals surface area contributed by atoms with Crippen molar-refractivity contribution in [1.82, 2.24) is 10.4 Å². The summed E-state index contributed by atoms with van der Waals surface area (Å²) in [5.74, 6) is 0.913. The number of nitrogens with one attached hydrogen (secondary N) is 1. The van der Waals surface area contributed by atoms with E-state index in [4.69, 9.17) is 4.74 Å². The van der Waals surface area contributed by atoms with Crippen molar-refractivity contribution in [3.63, 3.8) is 0 Å². The lowest BCUT2D eigenvalue weighted by Crippen LogP contribution is -2.51. The van der Waals surface area contributed by atoms with Crippen molar-refractivity contribution < 1.29 is 9.53 Å². The van der Waals surface area contributed by atoms with Crippen LogP contribution in [-0.4, -0.2) is 22.8 Å². The fourth-order valence-electron chi connectivity index (χ4n) is 2.06. The van der Waals surface area contributed by atoms with E-state index in [1.165, 1.54) is 5.01 Å². The summed E-state index contributed by atoms with van der Waals surface area (Å²) in [4.78, 5) is 12.3. The second kappa shape index (κ2) is 6.74. The van der Waals surface area contributed by atoms with Gasteiger partial charge in [0.15, 0.2) is 11.7 Å². The highest BCUT2D eigenvalue weighted by Gasteiger charge is 2.23. The molecular formula is C17H16N4O2. The van der Waals surface area contributed by atoms with Crippen LogP contribution in [0.3, 0.4) is 0 Å². The van der Waals surface area contributed by atoms with Gasteiger partial charge in [-0.1, -0.05) is 60.7 Å². The molecule has 0 saturated heterocycles. The van der Waals surface area contributed by atoms with Crippen LogP contribution in [-0.2, 0) is 11.3 Å². The first-order valence-electron chi connectivity index (χ1n) is 7.19. The van der Waals surface area contributed by atoms with E-state index in [1.807, 2.05) is 60.7 Å². The van der Waals surface area contributed by atoms with E-state index in [2.05, 4.69) is 15.6 Å². The Morgan fingerprint density at radius 3 is 2.39 bits per heavy atom. The molecule has 0 bridgehead atoms. The summed E-state index contributed by atoms with van der Waals surface area (Å²) in [6.45, 7) is 1.88. The zero-order valence-corrected chi connectivity index (χ0v) is 12.6. The van der Waals surface area contributed by atoms with Gasteiger partial charge < -0.3 is 4.74 Å². The Morgan fingerprint density at radius 2 is 1.70 bits per heavy atom. The van der Waals surface area contributed by atoms with Gasteiger partial charge in [-0.05, 0) is 12.5 Å². The monoisotopic (exact) mass is 308 g/mol. The molecule has 0 aliphatic carbocycles. The fourth-order valence-corrected chi connectivity index (χ4v) is 2.06. The normalized spacial score (nSPS) is 13.7. The van der Waals surface area contributed by atoms with Crippen molar-refractivity contribution in [1.29, 1.82) is 0 Å². The van der Waals surface area contributed by atoms with Gasteiger partial charge in [0, 0.05) is 5.56 Å². The third kappa shape index (κ3) is 3.55. The van der Waals surface area contributed by atoms with E-state index in [0.29, 0.717) is 11.7 Å². The van der Waals surface area contributed by atoms with Crippen LogP contribution in [0.15, 0.2) is 70.9 Å². The first-order chi connectivity index (χ1) is 11.2. The number of hydrogen-bond acceptors (Lipinski definition) is 5. The highest BCUT2D eigenvalue weighted by molar-refractivity contribution is 6.05. The first kappa shape index (κ1) is 14.8. The number of amides is 1. The topological polar surface area (TPSA) is 66.3 Å². The van der Waals surface area contributed by atoms with Crippen molar-refractivity contribution >= 4 is 17.8 Å². The van der Waals surface area contributed by atoms with Crippen molar-refractivity contribution in [2.24, 2.45) is 10.2 Å². The number of nitrogens with zero attached hydrogens (tertiary/aromatic N) is 3. The van der Waals surface area contributed by atoms with E-state index in [0.717, 1.165) is 11.1 Å². The van der Waals surface area contributed by atoms with E-state index >= 15 is 0 Å². The van der Waals surface area contributed by atoms with Gasteiger partial charge in [-0.25, -0.2) is 4.79 Å². The van der Waals surface area contributed by atoms with Gasteiger partial charge in [0.25, 0.3) is 0 Å². The second-order valence-corrected chi connectivity index (χ2v) is 4.95. The molecule has 0 radical (unpaired) electrons. The van der Waals surface area contributed by atoms with E-state index in [-0.39, 0.29) is 6.61 Å². The molecule has 6 nitrogen and oxygen atoms in total. The Kier molecular flexibility index (Phi) is 4.33. The second-order valence-electron chi connectivity index (χ2n) is 4.95. The standard InChI is InChI=1S/C17H16N4O2/c1-13-18-19-16(15-10-6-3-7-11-15)20-21(13)17(22)23-12-14-8-4-2-5-9-14/h2-11H,12H2,1H3,(H,19,20). The molecule has 6 heteroatoms. The minimum Gasteiger partial charge on any atom is -0.443 e. The largest absolute Gasteiger partial charge is 0.443 e. The lowest BCUT2D eigenvalue weighted by Gasteiger charge is -2.25. The number of hydrogen-bond donors (Lipinski definition) is 1. The number of carbonyl (C=O) groups excluding carboxylic acids is 1. The maximum absolute atomic E-state index is 12.3. The lowest BCUT2D eigenvalue weighted by atomic mass is 10.2. The Bertz CT molecular complexity index is 742. The highest BCUT2D eigenvalue weighted by Crippen LogP contribution is 2.08. The van der Waals surface area contributed by atoms with Gasteiger partial charge >= 0.3 is 6.09 Å². The Labute approximate surface area is 134 Å². The van der Waals surface area contributed by atoms with Crippen LogP contribution in [0.25, 0.3) is 0 Å². The molecule has 0 fully saturated rings. The number of ether oxygens (including phenoxy) is 1. The van der Waals surface area contributed by atoms with Gasteiger partial charge in [0.2, 0.25) is 0 Å². The number of benzene rings is 2. The van der Waals surface area contributed by atoms with Crippen LogP contribution in [0, 0.1) is 0 Å². The molecule has 0 spiro atoms. The number of amidine groups is 2. The van der Waals surface area contributed by atoms with Gasteiger partial charge in [-0.3, -0.25) is 5.43 Å². The molecule has 116 valence electrons. The number of hydrazine groups is 1. The summed E-state index contributed by atoms with van der Waals surface area (Å²) >= 11 is 0. The quantitative estimate of drug-likeness (QED) is 0.948. The van der Waals surface area contributed by atoms with Crippen LogP contribution >= 0.6 is 0 Å². The molecule has 3 rings (SSSR count). The molecule has 1 heterocycles. The first-order valence-corrected chi connectivity index (χ1v) is 7.19. The molecule has 1 amide bonds. The zero-order chi connectivity index (χ0) is 16.1. The van der Waals surface area contributed by atoms with Gasteiger partial charge in [-0.15, -0.1) is 10.2 Å². The molecule has 0 unspecified atom stereocenters. The van der Waals surface area contributed by atoms with Crippen molar-refractivity contribution in [2.75, 3.05) is 0 Å². The SMILES string of the molecule is CC1=NN=C(c2ccccc2)NN1C(=O)OCc1ccccc1. The summed E-state index contributed by atoms with van der Waals surface area (Å²) in [7, 11) is 0. The zero-order valence-electron chi connectivity index (χ0n) is 12.6. The molecule has 0 saturated carbocycles. The summed E-state index contributed by atoms with van der Waals surface area (Å²) in [6, 6.07) is 19.0. The van der Waals surface area contributed by atoms with Crippen molar-refractivity contribution in [3.8, 4) is 0 Å². The molecule has 1 aliphatic rings. The fraction of sp³-hybridized carbons (Fsp3) is 0.118. The van der Waals surface area contributed by atoms with Crippen LogP contribution in [0.2, 0.25) is 0 Å². The molecule has 23 heavy (non-hydrogen) atoms. The predicted octanol–water partition coefficient (Wildman–Crippen LogP) is 2.92. The van der Waals surface area contributed by atoms with Gasteiger partial charge in [0.1, 0.15) is 6.61 Å². The lowest BCUT2D eigenvalue weighted by molar-refractivity contribution is 0.109.